The van der Waals surface area contributed by atoms with E-state index in [1.165, 1.54) is 0 Å². The fourth-order valence-corrected chi connectivity index (χ4v) is 2.96. The molecular formula is C18H18ClN3O2. The highest BCUT2D eigenvalue weighted by atomic mass is 35.5. The maximum Gasteiger partial charge on any atom is 0.328 e. The quantitative estimate of drug-likeness (QED) is 0.794. The molecule has 1 amide bonds. The normalized spacial score (nSPS) is 11.0. The van der Waals surface area contributed by atoms with Crippen LogP contribution in [0.2, 0.25) is 5.02 Å². The van der Waals surface area contributed by atoms with Crippen LogP contribution in [0.3, 0.4) is 0 Å². The molecule has 0 bridgehead atoms. The number of hydrogen-bond acceptors (Lipinski definition) is 2. The summed E-state index contributed by atoms with van der Waals surface area (Å²) < 4.78 is 3.17. The van der Waals surface area contributed by atoms with Crippen LogP contribution in [0.15, 0.2) is 41.2 Å². The average Bonchev–Trinajstić information content (AvgIpc) is 2.76. The van der Waals surface area contributed by atoms with E-state index >= 15 is 0 Å². The van der Waals surface area contributed by atoms with Gasteiger partial charge in [-0.25, -0.2) is 4.79 Å². The Morgan fingerprint density at radius 3 is 2.58 bits per heavy atom. The molecular weight excluding hydrogens is 326 g/mol. The van der Waals surface area contributed by atoms with E-state index in [4.69, 9.17) is 11.6 Å². The summed E-state index contributed by atoms with van der Waals surface area (Å²) >= 11 is 6.07. The number of amides is 1. The molecule has 6 heteroatoms. The van der Waals surface area contributed by atoms with Gasteiger partial charge in [0.2, 0.25) is 5.91 Å². The molecule has 0 aliphatic rings. The van der Waals surface area contributed by atoms with E-state index in [9.17, 15) is 9.59 Å². The van der Waals surface area contributed by atoms with Crippen molar-refractivity contribution < 1.29 is 4.79 Å². The second kappa shape index (κ2) is 6.17. The molecule has 5 nitrogen and oxygen atoms in total. The van der Waals surface area contributed by atoms with E-state index in [1.54, 1.807) is 35.4 Å². The highest BCUT2D eigenvalue weighted by Gasteiger charge is 2.11. The van der Waals surface area contributed by atoms with Gasteiger partial charge in [-0.3, -0.25) is 13.9 Å². The van der Waals surface area contributed by atoms with E-state index in [2.05, 4.69) is 5.32 Å². The van der Waals surface area contributed by atoms with Crippen LogP contribution in [-0.2, 0) is 25.3 Å². The summed E-state index contributed by atoms with van der Waals surface area (Å²) in [4.78, 5) is 24.3. The lowest BCUT2D eigenvalue weighted by molar-refractivity contribution is -0.115. The lowest BCUT2D eigenvalue weighted by Gasteiger charge is -2.09. The Morgan fingerprint density at radius 1 is 1.12 bits per heavy atom. The highest BCUT2D eigenvalue weighted by molar-refractivity contribution is 6.31. The predicted molar refractivity (Wildman–Crippen MR) is 96.7 cm³/mol. The number of hydrogen-bond donors (Lipinski definition) is 1. The topological polar surface area (TPSA) is 56.0 Å². The van der Waals surface area contributed by atoms with Crippen LogP contribution in [-0.4, -0.2) is 15.0 Å². The van der Waals surface area contributed by atoms with Crippen LogP contribution < -0.4 is 11.0 Å². The molecule has 0 atom stereocenters. The van der Waals surface area contributed by atoms with Crippen molar-refractivity contribution in [3.63, 3.8) is 0 Å². The Kier molecular flexibility index (Phi) is 4.20. The number of carbonyl (C=O) groups is 1. The van der Waals surface area contributed by atoms with Gasteiger partial charge < -0.3 is 5.32 Å². The van der Waals surface area contributed by atoms with Crippen molar-refractivity contribution >= 4 is 34.2 Å². The number of halogens is 1. The fourth-order valence-electron chi connectivity index (χ4n) is 2.79. The third-order valence-electron chi connectivity index (χ3n) is 4.24. The van der Waals surface area contributed by atoms with E-state index in [-0.39, 0.29) is 18.0 Å². The number of nitrogens with zero attached hydrogens (tertiary/aromatic N) is 2. The van der Waals surface area contributed by atoms with Gasteiger partial charge >= 0.3 is 5.69 Å². The average molecular weight is 344 g/mol. The number of carbonyl (C=O) groups excluding carboxylic acids is 1. The number of anilines is 1. The van der Waals surface area contributed by atoms with Crippen molar-refractivity contribution in [2.24, 2.45) is 14.1 Å². The molecule has 24 heavy (non-hydrogen) atoms. The number of aromatic nitrogens is 2. The molecule has 0 saturated carbocycles. The molecule has 3 aromatic rings. The number of benzene rings is 2. The van der Waals surface area contributed by atoms with Crippen LogP contribution >= 0.6 is 11.6 Å². The van der Waals surface area contributed by atoms with Crippen molar-refractivity contribution in [2.45, 2.75) is 13.3 Å². The Bertz CT molecular complexity index is 1000. The van der Waals surface area contributed by atoms with Crippen LogP contribution in [0.5, 0.6) is 0 Å². The summed E-state index contributed by atoms with van der Waals surface area (Å²) in [5.74, 6) is -0.124. The summed E-state index contributed by atoms with van der Waals surface area (Å²) in [6.07, 6.45) is 0.227. The van der Waals surface area contributed by atoms with Gasteiger partial charge in [-0.2, -0.15) is 0 Å². The first-order valence-corrected chi connectivity index (χ1v) is 7.95. The summed E-state index contributed by atoms with van der Waals surface area (Å²) in [5.41, 5.74) is 3.97. The van der Waals surface area contributed by atoms with Gasteiger partial charge in [0.1, 0.15) is 0 Å². The number of imidazole rings is 1. The Hall–Kier alpha value is -2.53. The Labute approximate surface area is 144 Å². The van der Waals surface area contributed by atoms with E-state index in [0.717, 1.165) is 22.2 Å². The first-order valence-electron chi connectivity index (χ1n) is 7.58. The molecule has 0 fully saturated rings. The van der Waals surface area contributed by atoms with Crippen molar-refractivity contribution in [1.82, 2.24) is 9.13 Å². The highest BCUT2D eigenvalue weighted by Crippen LogP contribution is 2.23. The standard InChI is InChI=1S/C18H18ClN3O2/c1-11-13(19)5-4-6-14(11)20-17(23)10-12-7-8-15-16(9-12)22(3)18(24)21(15)2/h4-9H,10H2,1-3H3,(H,20,23). The molecule has 0 radical (unpaired) electrons. The van der Waals surface area contributed by atoms with Gasteiger partial charge in [0.25, 0.3) is 0 Å². The maximum atomic E-state index is 12.3. The zero-order chi connectivity index (χ0) is 17.4. The van der Waals surface area contributed by atoms with Gasteiger partial charge in [0.15, 0.2) is 0 Å². The first-order chi connectivity index (χ1) is 11.4. The maximum absolute atomic E-state index is 12.3. The smallest absolute Gasteiger partial charge is 0.326 e. The molecule has 0 unspecified atom stereocenters. The minimum atomic E-state index is -0.124. The summed E-state index contributed by atoms with van der Waals surface area (Å²) in [5, 5.41) is 3.50. The molecule has 0 saturated heterocycles. The minimum Gasteiger partial charge on any atom is -0.326 e. The van der Waals surface area contributed by atoms with Crippen LogP contribution in [0.1, 0.15) is 11.1 Å². The second-order valence-corrected chi connectivity index (χ2v) is 6.27. The molecule has 0 aliphatic heterocycles. The zero-order valence-electron chi connectivity index (χ0n) is 13.8. The van der Waals surface area contributed by atoms with Gasteiger partial charge in [0.05, 0.1) is 17.5 Å². The molecule has 0 aliphatic carbocycles. The van der Waals surface area contributed by atoms with E-state index in [0.29, 0.717) is 10.7 Å². The van der Waals surface area contributed by atoms with Gasteiger partial charge in [-0.05, 0) is 42.3 Å². The predicted octanol–water partition coefficient (Wildman–Crippen LogP) is 3.02. The number of nitrogens with one attached hydrogen (secondary N) is 1. The SMILES string of the molecule is Cc1c(Cl)cccc1NC(=O)Cc1ccc2c(c1)n(C)c(=O)n2C. The molecule has 3 rings (SSSR count). The van der Waals surface area contributed by atoms with Crippen molar-refractivity contribution in [2.75, 3.05) is 5.32 Å². The monoisotopic (exact) mass is 343 g/mol. The zero-order valence-corrected chi connectivity index (χ0v) is 14.5. The molecule has 1 heterocycles. The molecule has 2 aromatic carbocycles. The minimum absolute atomic E-state index is 0.0823. The van der Waals surface area contributed by atoms with Gasteiger partial charge in [0, 0.05) is 24.8 Å². The lowest BCUT2D eigenvalue weighted by atomic mass is 10.1. The number of fused-ring (bicyclic) bond motifs is 1. The van der Waals surface area contributed by atoms with Gasteiger partial charge in [-0.15, -0.1) is 0 Å². The fraction of sp³-hybridized carbons (Fsp3) is 0.222. The van der Waals surface area contributed by atoms with Crippen molar-refractivity contribution in [3.8, 4) is 0 Å². The summed E-state index contributed by atoms with van der Waals surface area (Å²) in [6.45, 7) is 1.86. The molecule has 124 valence electrons. The number of rotatable bonds is 3. The van der Waals surface area contributed by atoms with Crippen LogP contribution in [0.25, 0.3) is 11.0 Å². The van der Waals surface area contributed by atoms with Gasteiger partial charge in [-0.1, -0.05) is 23.7 Å². The summed E-state index contributed by atoms with van der Waals surface area (Å²) in [7, 11) is 3.46. The third-order valence-corrected chi connectivity index (χ3v) is 4.65. The first kappa shape index (κ1) is 16.3. The second-order valence-electron chi connectivity index (χ2n) is 5.86. The van der Waals surface area contributed by atoms with Crippen LogP contribution in [0, 0.1) is 6.92 Å². The van der Waals surface area contributed by atoms with Crippen LogP contribution in [0.4, 0.5) is 5.69 Å². The molecule has 0 spiro atoms. The third kappa shape index (κ3) is 2.83. The summed E-state index contributed by atoms with van der Waals surface area (Å²) in [6, 6.07) is 11.0. The van der Waals surface area contributed by atoms with E-state index < -0.39 is 0 Å². The largest absolute Gasteiger partial charge is 0.328 e. The van der Waals surface area contributed by atoms with Crippen molar-refractivity contribution in [1.29, 1.82) is 0 Å². The van der Waals surface area contributed by atoms with Crippen molar-refractivity contribution in [3.05, 3.63) is 63.0 Å². The number of aryl methyl sites for hydroxylation is 2. The Morgan fingerprint density at radius 2 is 1.83 bits per heavy atom. The molecule has 1 N–H and O–H groups in total. The Balaban J connectivity index is 1.84. The lowest BCUT2D eigenvalue weighted by Crippen LogP contribution is -2.19. The van der Waals surface area contributed by atoms with E-state index in [1.807, 2.05) is 31.2 Å². The molecule has 1 aromatic heterocycles.